The number of nitrogens with one attached hydrogen (secondary N) is 1. The van der Waals surface area contributed by atoms with E-state index in [2.05, 4.69) is 55.7 Å². The first kappa shape index (κ1) is 16.9. The van der Waals surface area contributed by atoms with E-state index in [1.54, 1.807) is 6.20 Å². The third-order valence-corrected chi connectivity index (χ3v) is 4.75. The Labute approximate surface area is 153 Å². The molecule has 1 unspecified atom stereocenters. The molecule has 6 nitrogen and oxygen atoms in total. The second-order valence-electron chi connectivity index (χ2n) is 6.57. The van der Waals surface area contributed by atoms with E-state index in [1.807, 2.05) is 18.3 Å². The highest BCUT2D eigenvalue weighted by Crippen LogP contribution is 2.23. The van der Waals surface area contributed by atoms with Crippen molar-refractivity contribution in [2.75, 3.05) is 19.6 Å². The Bertz CT molecular complexity index is 805. The van der Waals surface area contributed by atoms with Crippen molar-refractivity contribution in [2.45, 2.75) is 25.4 Å². The van der Waals surface area contributed by atoms with Gasteiger partial charge in [-0.1, -0.05) is 41.6 Å². The summed E-state index contributed by atoms with van der Waals surface area (Å²) in [5.41, 5.74) is 2.50. The summed E-state index contributed by atoms with van der Waals surface area (Å²) < 4.78 is 5.50. The van der Waals surface area contributed by atoms with Crippen LogP contribution in [0, 0.1) is 0 Å². The minimum atomic E-state index is 0.275. The summed E-state index contributed by atoms with van der Waals surface area (Å²) in [4.78, 5) is 11.2. The molecule has 1 saturated heterocycles. The molecule has 1 atom stereocenters. The molecule has 4 rings (SSSR count). The molecule has 26 heavy (non-hydrogen) atoms. The van der Waals surface area contributed by atoms with Gasteiger partial charge in [0.2, 0.25) is 5.89 Å². The van der Waals surface area contributed by atoms with Gasteiger partial charge < -0.3 is 9.84 Å². The van der Waals surface area contributed by atoms with Crippen molar-refractivity contribution < 1.29 is 4.52 Å². The normalized spacial score (nSPS) is 18.1. The second-order valence-corrected chi connectivity index (χ2v) is 6.57. The average molecular weight is 349 g/mol. The molecule has 2 aromatic heterocycles. The molecule has 1 aliphatic rings. The highest BCUT2D eigenvalue weighted by atomic mass is 16.5. The molecule has 3 heterocycles. The van der Waals surface area contributed by atoms with Crippen LogP contribution < -0.4 is 5.32 Å². The number of aryl methyl sites for hydroxylation is 2. The third kappa shape index (κ3) is 4.15. The molecule has 0 radical (unpaired) electrons. The van der Waals surface area contributed by atoms with Gasteiger partial charge in [-0.2, -0.15) is 4.98 Å². The molecule has 1 aromatic carbocycles. The molecule has 6 heteroatoms. The molecule has 1 N–H and O–H groups in total. The van der Waals surface area contributed by atoms with E-state index in [1.165, 1.54) is 11.1 Å². The van der Waals surface area contributed by atoms with Crippen molar-refractivity contribution in [1.82, 2.24) is 25.3 Å². The summed E-state index contributed by atoms with van der Waals surface area (Å²) in [7, 11) is 0. The Morgan fingerprint density at radius 2 is 2.04 bits per heavy atom. The van der Waals surface area contributed by atoms with E-state index in [0.29, 0.717) is 12.4 Å². The summed E-state index contributed by atoms with van der Waals surface area (Å²) >= 11 is 0. The highest BCUT2D eigenvalue weighted by molar-refractivity contribution is 5.16. The number of nitrogens with zero attached hydrogens (tertiary/aromatic N) is 4. The quantitative estimate of drug-likeness (QED) is 0.737. The standard InChI is InChI=1S/C20H23N5O/c1-2-5-16(6-3-1)8-9-19-23-20(26-24-19)15-25-12-11-22-14-18(25)17-7-4-10-21-13-17/h1-7,10,13,18,22H,8-9,11-12,14-15H2. The SMILES string of the molecule is c1ccc(CCc2noc(CN3CCNCC3c3cccnc3)n2)cc1. The zero-order chi connectivity index (χ0) is 17.6. The van der Waals surface area contributed by atoms with Gasteiger partial charge in [0, 0.05) is 44.5 Å². The smallest absolute Gasteiger partial charge is 0.240 e. The van der Waals surface area contributed by atoms with Crippen LogP contribution in [0.2, 0.25) is 0 Å². The van der Waals surface area contributed by atoms with Crippen LogP contribution in [0.3, 0.4) is 0 Å². The molecule has 0 spiro atoms. The van der Waals surface area contributed by atoms with Gasteiger partial charge in [0.1, 0.15) is 0 Å². The summed E-state index contributed by atoms with van der Waals surface area (Å²) in [6.07, 6.45) is 5.46. The van der Waals surface area contributed by atoms with Crippen molar-refractivity contribution in [3.63, 3.8) is 0 Å². The van der Waals surface area contributed by atoms with Crippen molar-refractivity contribution >= 4 is 0 Å². The minimum absolute atomic E-state index is 0.275. The van der Waals surface area contributed by atoms with Gasteiger partial charge in [-0.3, -0.25) is 9.88 Å². The maximum Gasteiger partial charge on any atom is 0.240 e. The predicted octanol–water partition coefficient (Wildman–Crippen LogP) is 2.40. The molecular weight excluding hydrogens is 326 g/mol. The molecule has 0 aliphatic carbocycles. The Morgan fingerprint density at radius 1 is 1.12 bits per heavy atom. The lowest BCUT2D eigenvalue weighted by Gasteiger charge is -2.35. The molecule has 0 saturated carbocycles. The van der Waals surface area contributed by atoms with Gasteiger partial charge in [-0.15, -0.1) is 0 Å². The van der Waals surface area contributed by atoms with Gasteiger partial charge in [0.25, 0.3) is 0 Å². The molecule has 1 aliphatic heterocycles. The third-order valence-electron chi connectivity index (χ3n) is 4.75. The number of rotatable bonds is 6. The number of piperazine rings is 1. The van der Waals surface area contributed by atoms with Gasteiger partial charge in [-0.05, 0) is 23.6 Å². The lowest BCUT2D eigenvalue weighted by atomic mass is 10.1. The van der Waals surface area contributed by atoms with Crippen LogP contribution in [0.4, 0.5) is 0 Å². The van der Waals surface area contributed by atoms with Crippen LogP contribution in [0.15, 0.2) is 59.4 Å². The lowest BCUT2D eigenvalue weighted by Crippen LogP contribution is -2.45. The number of hydrogen-bond donors (Lipinski definition) is 1. The van der Waals surface area contributed by atoms with E-state index in [0.717, 1.165) is 38.3 Å². The van der Waals surface area contributed by atoms with Crippen LogP contribution in [0.5, 0.6) is 0 Å². The van der Waals surface area contributed by atoms with Crippen LogP contribution >= 0.6 is 0 Å². The van der Waals surface area contributed by atoms with Crippen LogP contribution in [-0.2, 0) is 19.4 Å². The Kier molecular flexibility index (Phi) is 5.33. The summed E-state index contributed by atoms with van der Waals surface area (Å²) in [5.74, 6) is 1.46. The number of hydrogen-bond acceptors (Lipinski definition) is 6. The first-order valence-corrected chi connectivity index (χ1v) is 9.08. The zero-order valence-electron chi connectivity index (χ0n) is 14.7. The van der Waals surface area contributed by atoms with Crippen molar-refractivity contribution in [3.8, 4) is 0 Å². The lowest BCUT2D eigenvalue weighted by molar-refractivity contribution is 0.135. The Hall–Kier alpha value is -2.57. The van der Waals surface area contributed by atoms with E-state index in [4.69, 9.17) is 4.52 Å². The molecule has 1 fully saturated rings. The monoisotopic (exact) mass is 349 g/mol. The number of pyridine rings is 1. The van der Waals surface area contributed by atoms with E-state index in [-0.39, 0.29) is 6.04 Å². The van der Waals surface area contributed by atoms with Crippen molar-refractivity contribution in [1.29, 1.82) is 0 Å². The van der Waals surface area contributed by atoms with Crippen molar-refractivity contribution in [2.24, 2.45) is 0 Å². The summed E-state index contributed by atoms with van der Waals surface area (Å²) in [6.45, 7) is 3.48. The fourth-order valence-electron chi connectivity index (χ4n) is 3.37. The summed E-state index contributed by atoms with van der Waals surface area (Å²) in [6, 6.07) is 14.8. The van der Waals surface area contributed by atoms with Gasteiger partial charge >= 0.3 is 0 Å². The van der Waals surface area contributed by atoms with Gasteiger partial charge in [0.15, 0.2) is 5.82 Å². The first-order valence-electron chi connectivity index (χ1n) is 9.08. The van der Waals surface area contributed by atoms with E-state index < -0.39 is 0 Å². The van der Waals surface area contributed by atoms with Crippen LogP contribution in [0.1, 0.15) is 28.9 Å². The van der Waals surface area contributed by atoms with E-state index >= 15 is 0 Å². The summed E-state index contributed by atoms with van der Waals surface area (Å²) in [5, 5.41) is 7.61. The predicted molar refractivity (Wildman–Crippen MR) is 98.4 cm³/mol. The fraction of sp³-hybridized carbons (Fsp3) is 0.350. The number of aromatic nitrogens is 3. The molecular formula is C20H23N5O. The van der Waals surface area contributed by atoms with Crippen LogP contribution in [0.25, 0.3) is 0 Å². The van der Waals surface area contributed by atoms with Gasteiger partial charge in [-0.25, -0.2) is 0 Å². The molecule has 3 aromatic rings. The van der Waals surface area contributed by atoms with Gasteiger partial charge in [0.05, 0.1) is 6.54 Å². The highest BCUT2D eigenvalue weighted by Gasteiger charge is 2.25. The topological polar surface area (TPSA) is 67.1 Å². The zero-order valence-corrected chi connectivity index (χ0v) is 14.7. The average Bonchev–Trinajstić information content (AvgIpc) is 3.16. The van der Waals surface area contributed by atoms with Crippen LogP contribution in [-0.4, -0.2) is 39.7 Å². The Balaban J connectivity index is 1.39. The first-order chi connectivity index (χ1) is 12.9. The largest absolute Gasteiger partial charge is 0.338 e. The minimum Gasteiger partial charge on any atom is -0.338 e. The van der Waals surface area contributed by atoms with E-state index in [9.17, 15) is 0 Å². The maximum atomic E-state index is 5.50. The molecule has 0 bridgehead atoms. The second kappa shape index (κ2) is 8.21. The van der Waals surface area contributed by atoms with Crippen molar-refractivity contribution in [3.05, 3.63) is 77.7 Å². The fourth-order valence-corrected chi connectivity index (χ4v) is 3.37. The molecule has 0 amide bonds. The maximum absolute atomic E-state index is 5.50. The molecule has 134 valence electrons. The Morgan fingerprint density at radius 3 is 2.88 bits per heavy atom. The number of benzene rings is 1.